The lowest BCUT2D eigenvalue weighted by atomic mass is 10.2. The number of aromatic nitrogens is 1. The van der Waals surface area contributed by atoms with Gasteiger partial charge in [-0.2, -0.15) is 0 Å². The highest BCUT2D eigenvalue weighted by Crippen LogP contribution is 2.32. The minimum Gasteiger partial charge on any atom is -0.478 e. The molecule has 6 nitrogen and oxygen atoms in total. The van der Waals surface area contributed by atoms with Crippen molar-refractivity contribution in [1.82, 2.24) is 4.98 Å². The van der Waals surface area contributed by atoms with Crippen molar-refractivity contribution in [3.05, 3.63) is 47.7 Å². The molecule has 0 saturated carbocycles. The molecule has 6 heteroatoms. The number of aromatic carboxylic acids is 1. The zero-order valence-corrected chi connectivity index (χ0v) is 10.4. The third kappa shape index (κ3) is 2.49. The number of fused-ring (bicyclic) bond motifs is 1. The summed E-state index contributed by atoms with van der Waals surface area (Å²) in [6.45, 7) is 0.550. The third-order valence-corrected chi connectivity index (χ3v) is 2.81. The zero-order valence-electron chi connectivity index (χ0n) is 10.4. The molecule has 1 aliphatic rings. The molecule has 2 heterocycles. The van der Waals surface area contributed by atoms with Gasteiger partial charge in [-0.15, -0.1) is 0 Å². The molecule has 20 heavy (non-hydrogen) atoms. The molecule has 0 radical (unpaired) electrons. The van der Waals surface area contributed by atoms with E-state index in [0.717, 1.165) is 11.3 Å². The van der Waals surface area contributed by atoms with E-state index in [0.29, 0.717) is 18.2 Å². The number of carboxylic acids is 1. The van der Waals surface area contributed by atoms with E-state index >= 15 is 0 Å². The molecule has 3 rings (SSSR count). The van der Waals surface area contributed by atoms with Gasteiger partial charge in [-0.3, -0.25) is 0 Å². The van der Waals surface area contributed by atoms with E-state index in [2.05, 4.69) is 4.98 Å². The molecule has 0 saturated heterocycles. The second-order valence-electron chi connectivity index (χ2n) is 4.17. The molecule has 2 aromatic rings. The highest BCUT2D eigenvalue weighted by atomic mass is 16.7. The Kier molecular flexibility index (Phi) is 3.12. The van der Waals surface area contributed by atoms with Crippen LogP contribution < -0.4 is 14.2 Å². The fourth-order valence-electron chi connectivity index (χ4n) is 1.78. The van der Waals surface area contributed by atoms with Gasteiger partial charge < -0.3 is 19.3 Å². The Balaban J connectivity index is 1.65. The first-order valence-electron chi connectivity index (χ1n) is 5.93. The fraction of sp³-hybridized carbons (Fsp3) is 0.143. The molecule has 0 unspecified atom stereocenters. The van der Waals surface area contributed by atoms with Crippen LogP contribution in [0.15, 0.2) is 36.5 Å². The number of rotatable bonds is 4. The molecular formula is C14H11NO5. The van der Waals surface area contributed by atoms with Gasteiger partial charge in [0, 0.05) is 12.3 Å². The minimum absolute atomic E-state index is 0.125. The molecular weight excluding hydrogens is 262 g/mol. The van der Waals surface area contributed by atoms with Crippen LogP contribution in [-0.4, -0.2) is 22.9 Å². The summed E-state index contributed by atoms with van der Waals surface area (Å²) >= 11 is 0. The highest BCUT2D eigenvalue weighted by molar-refractivity contribution is 5.87. The number of hydrogen-bond donors (Lipinski definition) is 1. The Morgan fingerprint density at radius 1 is 1.25 bits per heavy atom. The standard InChI is InChI=1S/C14H11NO5/c16-14(17)10-2-4-13(15-6-10)18-7-9-1-3-11-12(5-9)20-8-19-11/h1-6H,7-8H2,(H,16,17). The summed E-state index contributed by atoms with van der Waals surface area (Å²) in [6.07, 6.45) is 1.26. The van der Waals surface area contributed by atoms with Gasteiger partial charge in [0.05, 0.1) is 5.56 Å². The van der Waals surface area contributed by atoms with Crippen molar-refractivity contribution < 1.29 is 24.1 Å². The molecule has 102 valence electrons. The summed E-state index contributed by atoms with van der Waals surface area (Å²) in [5.74, 6) is 0.769. The third-order valence-electron chi connectivity index (χ3n) is 2.81. The number of ether oxygens (including phenoxy) is 3. The van der Waals surface area contributed by atoms with Gasteiger partial charge in [0.25, 0.3) is 0 Å². The quantitative estimate of drug-likeness (QED) is 0.919. The van der Waals surface area contributed by atoms with Gasteiger partial charge in [0.2, 0.25) is 12.7 Å². The van der Waals surface area contributed by atoms with Crippen LogP contribution in [0.25, 0.3) is 0 Å². The molecule has 0 atom stereocenters. The zero-order chi connectivity index (χ0) is 13.9. The molecule has 0 fully saturated rings. The van der Waals surface area contributed by atoms with Crippen molar-refractivity contribution in [3.8, 4) is 17.4 Å². The molecule has 0 aliphatic carbocycles. The normalized spacial score (nSPS) is 12.2. The predicted molar refractivity (Wildman–Crippen MR) is 68.1 cm³/mol. The predicted octanol–water partition coefficient (Wildman–Crippen LogP) is 2.09. The Hall–Kier alpha value is -2.76. The smallest absolute Gasteiger partial charge is 0.337 e. The van der Waals surface area contributed by atoms with Gasteiger partial charge in [-0.05, 0) is 23.8 Å². The van der Waals surface area contributed by atoms with E-state index in [1.165, 1.54) is 18.3 Å². The van der Waals surface area contributed by atoms with Crippen LogP contribution in [0.4, 0.5) is 0 Å². The lowest BCUT2D eigenvalue weighted by Gasteiger charge is -2.06. The second-order valence-corrected chi connectivity index (χ2v) is 4.17. The van der Waals surface area contributed by atoms with Gasteiger partial charge in [-0.25, -0.2) is 9.78 Å². The topological polar surface area (TPSA) is 77.9 Å². The monoisotopic (exact) mass is 273 g/mol. The van der Waals surface area contributed by atoms with Gasteiger partial charge in [0.15, 0.2) is 11.5 Å². The van der Waals surface area contributed by atoms with Crippen molar-refractivity contribution in [1.29, 1.82) is 0 Å². The van der Waals surface area contributed by atoms with Crippen LogP contribution in [0, 0.1) is 0 Å². The van der Waals surface area contributed by atoms with Crippen molar-refractivity contribution in [2.75, 3.05) is 6.79 Å². The number of pyridine rings is 1. The Morgan fingerprint density at radius 3 is 2.85 bits per heavy atom. The van der Waals surface area contributed by atoms with E-state index in [-0.39, 0.29) is 12.4 Å². The van der Waals surface area contributed by atoms with Crippen LogP contribution in [0.1, 0.15) is 15.9 Å². The average Bonchev–Trinajstić information content (AvgIpc) is 2.93. The Morgan fingerprint density at radius 2 is 2.10 bits per heavy atom. The van der Waals surface area contributed by atoms with Crippen LogP contribution in [0.3, 0.4) is 0 Å². The summed E-state index contributed by atoms with van der Waals surface area (Å²) < 4.78 is 16.0. The summed E-state index contributed by atoms with van der Waals surface area (Å²) in [6, 6.07) is 8.51. The maximum Gasteiger partial charge on any atom is 0.337 e. The molecule has 1 aromatic carbocycles. The van der Waals surface area contributed by atoms with Crippen LogP contribution in [-0.2, 0) is 6.61 Å². The molecule has 0 bridgehead atoms. The van der Waals surface area contributed by atoms with Crippen molar-refractivity contribution >= 4 is 5.97 Å². The summed E-state index contributed by atoms with van der Waals surface area (Å²) in [4.78, 5) is 14.6. The molecule has 0 spiro atoms. The summed E-state index contributed by atoms with van der Waals surface area (Å²) in [5, 5.41) is 8.77. The highest BCUT2D eigenvalue weighted by Gasteiger charge is 2.13. The van der Waals surface area contributed by atoms with Crippen molar-refractivity contribution in [2.24, 2.45) is 0 Å². The van der Waals surface area contributed by atoms with E-state index in [1.807, 2.05) is 18.2 Å². The number of hydrogen-bond acceptors (Lipinski definition) is 5. The molecule has 0 amide bonds. The first-order valence-corrected chi connectivity index (χ1v) is 5.93. The molecule has 1 aliphatic heterocycles. The number of benzene rings is 1. The van der Waals surface area contributed by atoms with Crippen molar-refractivity contribution in [3.63, 3.8) is 0 Å². The molecule has 1 N–H and O–H groups in total. The lowest BCUT2D eigenvalue weighted by molar-refractivity contribution is 0.0696. The van der Waals surface area contributed by atoms with Crippen LogP contribution in [0.2, 0.25) is 0 Å². The van der Waals surface area contributed by atoms with Crippen LogP contribution in [0.5, 0.6) is 17.4 Å². The minimum atomic E-state index is -1.01. The lowest BCUT2D eigenvalue weighted by Crippen LogP contribution is -2.00. The van der Waals surface area contributed by atoms with E-state index in [9.17, 15) is 4.79 Å². The van der Waals surface area contributed by atoms with E-state index in [1.54, 1.807) is 0 Å². The Bertz CT molecular complexity index is 639. The van der Waals surface area contributed by atoms with Crippen LogP contribution >= 0.6 is 0 Å². The number of carboxylic acid groups (broad SMARTS) is 1. The SMILES string of the molecule is O=C(O)c1ccc(OCc2ccc3c(c2)OCO3)nc1. The maximum atomic E-state index is 10.7. The maximum absolute atomic E-state index is 10.7. The van der Waals surface area contributed by atoms with E-state index in [4.69, 9.17) is 19.3 Å². The van der Waals surface area contributed by atoms with Gasteiger partial charge in [-0.1, -0.05) is 6.07 Å². The number of carbonyl (C=O) groups is 1. The summed E-state index contributed by atoms with van der Waals surface area (Å²) in [7, 11) is 0. The first-order chi connectivity index (χ1) is 9.72. The average molecular weight is 273 g/mol. The van der Waals surface area contributed by atoms with Crippen molar-refractivity contribution in [2.45, 2.75) is 6.61 Å². The summed E-state index contributed by atoms with van der Waals surface area (Å²) in [5.41, 5.74) is 1.04. The largest absolute Gasteiger partial charge is 0.478 e. The number of nitrogens with zero attached hydrogens (tertiary/aromatic N) is 1. The second kappa shape index (κ2) is 5.08. The first kappa shape index (κ1) is 12.3. The Labute approximate surface area is 114 Å². The van der Waals surface area contributed by atoms with Gasteiger partial charge >= 0.3 is 5.97 Å². The van der Waals surface area contributed by atoms with Gasteiger partial charge in [0.1, 0.15) is 6.61 Å². The molecule has 1 aromatic heterocycles. The fourth-order valence-corrected chi connectivity index (χ4v) is 1.78. The van der Waals surface area contributed by atoms with E-state index < -0.39 is 5.97 Å².